The molecule has 6 nitrogen and oxygen atoms in total. The van der Waals surface area contributed by atoms with Crippen molar-refractivity contribution in [3.05, 3.63) is 41.0 Å². The molecule has 1 aliphatic carbocycles. The number of aliphatic hydroxyl groups is 1. The minimum absolute atomic E-state index is 0.0975. The van der Waals surface area contributed by atoms with Crippen LogP contribution in [0.2, 0.25) is 0 Å². The van der Waals surface area contributed by atoms with E-state index < -0.39 is 0 Å². The number of aromatic nitrogens is 3. The highest BCUT2D eigenvalue weighted by Crippen LogP contribution is 2.40. The molecule has 4 rings (SSSR count). The Balaban J connectivity index is 1.52. The highest BCUT2D eigenvalue weighted by molar-refractivity contribution is 5.77. The smallest absolute Gasteiger partial charge is 0.198 e. The van der Waals surface area contributed by atoms with Crippen molar-refractivity contribution in [2.45, 2.75) is 45.7 Å². The van der Waals surface area contributed by atoms with Gasteiger partial charge in [0.2, 0.25) is 0 Å². The molecule has 1 aliphatic rings. The van der Waals surface area contributed by atoms with Crippen molar-refractivity contribution in [1.29, 1.82) is 0 Å². The van der Waals surface area contributed by atoms with E-state index in [2.05, 4.69) is 15.4 Å². The lowest BCUT2D eigenvalue weighted by Gasteiger charge is -2.07. The number of hydrogen-bond donors (Lipinski definition) is 2. The van der Waals surface area contributed by atoms with E-state index in [1.807, 2.05) is 36.7 Å². The molecular weight excluding hydrogens is 304 g/mol. The van der Waals surface area contributed by atoms with E-state index in [1.54, 1.807) is 0 Å². The third kappa shape index (κ3) is 2.78. The maximum Gasteiger partial charge on any atom is 0.198 e. The van der Waals surface area contributed by atoms with Crippen molar-refractivity contribution >= 4 is 16.8 Å². The van der Waals surface area contributed by atoms with Crippen molar-refractivity contribution < 1.29 is 9.52 Å². The largest absolute Gasteiger partial charge is 0.440 e. The molecule has 1 fully saturated rings. The van der Waals surface area contributed by atoms with E-state index in [1.165, 1.54) is 18.4 Å². The third-order valence-corrected chi connectivity index (χ3v) is 4.64. The number of rotatable bonds is 6. The number of nitrogens with one attached hydrogen (secondary N) is 1. The number of nitrogens with zero attached hydrogens (tertiary/aromatic N) is 3. The lowest BCUT2D eigenvalue weighted by atomic mass is 10.2. The van der Waals surface area contributed by atoms with Gasteiger partial charge >= 0.3 is 0 Å². The van der Waals surface area contributed by atoms with Crippen LogP contribution >= 0.6 is 0 Å². The van der Waals surface area contributed by atoms with Gasteiger partial charge in [-0.2, -0.15) is 5.10 Å². The van der Waals surface area contributed by atoms with Gasteiger partial charge in [-0.25, -0.2) is 4.98 Å². The average Bonchev–Trinajstić information content (AvgIpc) is 3.28. The van der Waals surface area contributed by atoms with Gasteiger partial charge < -0.3 is 14.8 Å². The van der Waals surface area contributed by atoms with E-state index in [4.69, 9.17) is 9.52 Å². The molecule has 24 heavy (non-hydrogen) atoms. The number of benzene rings is 1. The van der Waals surface area contributed by atoms with Crippen LogP contribution < -0.4 is 5.32 Å². The van der Waals surface area contributed by atoms with E-state index in [9.17, 15) is 0 Å². The summed E-state index contributed by atoms with van der Waals surface area (Å²) in [5.41, 5.74) is 6.02. The van der Waals surface area contributed by atoms with Gasteiger partial charge in [0, 0.05) is 35.5 Å². The molecule has 126 valence electrons. The van der Waals surface area contributed by atoms with Crippen LogP contribution in [0.15, 0.2) is 22.6 Å². The first kappa shape index (κ1) is 15.2. The Morgan fingerprint density at radius 3 is 2.92 bits per heavy atom. The summed E-state index contributed by atoms with van der Waals surface area (Å²) in [6, 6.07) is 6.04. The number of oxazole rings is 1. The maximum atomic E-state index is 9.11. The van der Waals surface area contributed by atoms with Crippen LogP contribution in [0, 0.1) is 13.8 Å². The Hall–Kier alpha value is -2.34. The van der Waals surface area contributed by atoms with Gasteiger partial charge in [-0.05, 0) is 38.8 Å². The van der Waals surface area contributed by atoms with E-state index >= 15 is 0 Å². The number of aliphatic hydroxyl groups excluding tert-OH is 1. The van der Waals surface area contributed by atoms with Gasteiger partial charge in [-0.3, -0.25) is 4.68 Å². The quantitative estimate of drug-likeness (QED) is 0.728. The zero-order valence-corrected chi connectivity index (χ0v) is 14.0. The van der Waals surface area contributed by atoms with Gasteiger partial charge in [0.05, 0.1) is 18.8 Å². The molecule has 0 bridgehead atoms. The number of fused-ring (bicyclic) bond motifs is 1. The Bertz CT molecular complexity index is 877. The summed E-state index contributed by atoms with van der Waals surface area (Å²) in [7, 11) is 0. The summed E-state index contributed by atoms with van der Waals surface area (Å²) >= 11 is 0. The molecule has 0 saturated heterocycles. The third-order valence-electron chi connectivity index (χ3n) is 4.64. The van der Waals surface area contributed by atoms with E-state index in [0.717, 1.165) is 34.1 Å². The Morgan fingerprint density at radius 2 is 2.17 bits per heavy atom. The molecule has 3 aromatic rings. The summed E-state index contributed by atoms with van der Waals surface area (Å²) in [5, 5.41) is 17.0. The summed E-state index contributed by atoms with van der Waals surface area (Å²) in [4.78, 5) is 4.55. The van der Waals surface area contributed by atoms with Gasteiger partial charge in [0.15, 0.2) is 11.5 Å². The van der Waals surface area contributed by atoms with Gasteiger partial charge in [-0.15, -0.1) is 0 Å². The molecule has 0 unspecified atom stereocenters. The van der Waals surface area contributed by atoms with Crippen molar-refractivity contribution in [1.82, 2.24) is 14.8 Å². The highest BCUT2D eigenvalue weighted by Gasteiger charge is 2.28. The molecule has 1 saturated carbocycles. The second-order valence-corrected chi connectivity index (χ2v) is 6.46. The highest BCUT2D eigenvalue weighted by atomic mass is 16.3. The second kappa shape index (κ2) is 5.94. The molecule has 2 N–H and O–H groups in total. The molecule has 0 aliphatic heterocycles. The minimum atomic E-state index is 0.0975. The zero-order chi connectivity index (χ0) is 16.7. The maximum absolute atomic E-state index is 9.11. The van der Waals surface area contributed by atoms with Gasteiger partial charge in [-0.1, -0.05) is 0 Å². The first-order valence-corrected chi connectivity index (χ1v) is 8.44. The van der Waals surface area contributed by atoms with Crippen LogP contribution in [0.3, 0.4) is 0 Å². The Morgan fingerprint density at radius 1 is 1.33 bits per heavy atom. The van der Waals surface area contributed by atoms with Crippen molar-refractivity contribution in [2.75, 3.05) is 11.9 Å². The average molecular weight is 326 g/mol. The molecule has 0 atom stereocenters. The summed E-state index contributed by atoms with van der Waals surface area (Å²) in [6.07, 6.45) is 2.38. The molecular formula is C18H22N4O2. The molecule has 1 aromatic carbocycles. The Kier molecular flexibility index (Phi) is 3.76. The molecule has 2 heterocycles. The number of anilines is 1. The van der Waals surface area contributed by atoms with E-state index in [0.29, 0.717) is 19.0 Å². The van der Waals surface area contributed by atoms with Crippen LogP contribution in [0.5, 0.6) is 0 Å². The monoisotopic (exact) mass is 326 g/mol. The zero-order valence-electron chi connectivity index (χ0n) is 14.0. The molecule has 0 spiro atoms. The fraction of sp³-hybridized carbons (Fsp3) is 0.444. The predicted octanol–water partition coefficient (Wildman–Crippen LogP) is 3.12. The van der Waals surface area contributed by atoms with Crippen molar-refractivity contribution in [3.63, 3.8) is 0 Å². The van der Waals surface area contributed by atoms with E-state index in [-0.39, 0.29) is 6.61 Å². The topological polar surface area (TPSA) is 76.1 Å². The summed E-state index contributed by atoms with van der Waals surface area (Å²) in [6.45, 7) is 5.35. The summed E-state index contributed by atoms with van der Waals surface area (Å²) < 4.78 is 7.73. The standard InChI is InChI=1S/C18H22N4O2/c1-11-15(12(2)22(21-11)7-8-23)10-19-14-5-6-16-17(9-14)24-18(20-16)13-3-4-13/h5-6,9,13,19,23H,3-4,7-8,10H2,1-2H3. The van der Waals surface area contributed by atoms with Crippen LogP contribution in [0.4, 0.5) is 5.69 Å². The fourth-order valence-corrected chi connectivity index (χ4v) is 3.05. The van der Waals surface area contributed by atoms with Crippen molar-refractivity contribution in [3.8, 4) is 0 Å². The second-order valence-electron chi connectivity index (χ2n) is 6.46. The van der Waals surface area contributed by atoms with Crippen LogP contribution in [-0.4, -0.2) is 26.5 Å². The first-order valence-electron chi connectivity index (χ1n) is 8.44. The number of hydrogen-bond acceptors (Lipinski definition) is 5. The fourth-order valence-electron chi connectivity index (χ4n) is 3.05. The predicted molar refractivity (Wildman–Crippen MR) is 92.1 cm³/mol. The van der Waals surface area contributed by atoms with Crippen LogP contribution in [0.25, 0.3) is 11.1 Å². The summed E-state index contributed by atoms with van der Waals surface area (Å²) in [5.74, 6) is 1.40. The SMILES string of the molecule is Cc1nn(CCO)c(C)c1CNc1ccc2nc(C3CC3)oc2c1. The molecule has 0 amide bonds. The minimum Gasteiger partial charge on any atom is -0.440 e. The molecule has 2 aromatic heterocycles. The molecule has 0 radical (unpaired) electrons. The number of aryl methyl sites for hydroxylation is 1. The molecule has 6 heteroatoms. The van der Waals surface area contributed by atoms with Crippen molar-refractivity contribution in [2.24, 2.45) is 0 Å². The van der Waals surface area contributed by atoms with Crippen LogP contribution in [-0.2, 0) is 13.1 Å². The first-order chi connectivity index (χ1) is 11.7. The Labute approximate surface area is 140 Å². The van der Waals surface area contributed by atoms with Gasteiger partial charge in [0.25, 0.3) is 0 Å². The lowest BCUT2D eigenvalue weighted by Crippen LogP contribution is -2.07. The lowest BCUT2D eigenvalue weighted by molar-refractivity contribution is 0.268. The normalized spacial score (nSPS) is 14.5. The van der Waals surface area contributed by atoms with Gasteiger partial charge in [0.1, 0.15) is 5.52 Å². The van der Waals surface area contributed by atoms with Crippen LogP contribution in [0.1, 0.15) is 41.6 Å².